The molecule has 23 heavy (non-hydrogen) atoms. The number of rotatable bonds is 4. The number of hydrogen-bond donors (Lipinski definition) is 0. The smallest absolute Gasteiger partial charge is 0.343 e. The van der Waals surface area contributed by atoms with E-state index in [1.165, 1.54) is 23.8 Å². The van der Waals surface area contributed by atoms with E-state index >= 15 is 0 Å². The number of methoxy groups -OCH3 is 1. The summed E-state index contributed by atoms with van der Waals surface area (Å²) in [5.41, 5.74) is 0.837. The molecule has 0 aromatic heterocycles. The van der Waals surface area contributed by atoms with E-state index in [4.69, 9.17) is 4.74 Å². The van der Waals surface area contributed by atoms with Crippen molar-refractivity contribution in [2.45, 2.75) is 0 Å². The number of halogens is 1. The first kappa shape index (κ1) is 17.6. The Balaban J connectivity index is 2.16. The van der Waals surface area contributed by atoms with Crippen LogP contribution in [-0.2, 0) is 14.3 Å². The minimum atomic E-state index is -0.453. The summed E-state index contributed by atoms with van der Waals surface area (Å²) < 4.78 is 10.6. The highest BCUT2D eigenvalue weighted by molar-refractivity contribution is 9.10. The van der Waals surface area contributed by atoms with E-state index in [9.17, 15) is 9.59 Å². The first-order valence-corrected chi connectivity index (χ1v) is 8.20. The van der Waals surface area contributed by atoms with Crippen molar-refractivity contribution in [2.75, 3.05) is 27.8 Å². The van der Waals surface area contributed by atoms with Gasteiger partial charge in [-0.05, 0) is 51.5 Å². The Kier molecular flexibility index (Phi) is 5.84. The number of likely N-dealkylation sites (N-methyl/N-ethyl adjacent to an activating group) is 1. The number of amides is 1. The van der Waals surface area contributed by atoms with Gasteiger partial charge in [0.05, 0.1) is 16.5 Å². The third-order valence-corrected chi connectivity index (χ3v) is 4.79. The van der Waals surface area contributed by atoms with Crippen molar-refractivity contribution in [2.24, 2.45) is 4.99 Å². The van der Waals surface area contributed by atoms with Gasteiger partial charge in [0.2, 0.25) is 0 Å². The monoisotopic (exact) mass is 398 g/mol. The molecule has 0 radical (unpaired) electrons. The fraction of sp³-hybridized carbons (Fsp3) is 0.267. The predicted molar refractivity (Wildman–Crippen MR) is 93.4 cm³/mol. The minimum absolute atomic E-state index is 0.0854. The van der Waals surface area contributed by atoms with Crippen LogP contribution in [0.2, 0.25) is 0 Å². The number of carbonyl (C=O) groups excluding carboxylic acids is 2. The van der Waals surface area contributed by atoms with Crippen LogP contribution in [0.4, 0.5) is 0 Å². The van der Waals surface area contributed by atoms with Crippen LogP contribution < -0.4 is 4.74 Å². The van der Waals surface area contributed by atoms with Crippen LogP contribution in [0.3, 0.4) is 0 Å². The topological polar surface area (TPSA) is 68.2 Å². The van der Waals surface area contributed by atoms with Gasteiger partial charge in [-0.1, -0.05) is 6.07 Å². The number of esters is 1. The molecule has 1 heterocycles. The Hall–Kier alpha value is -1.80. The fourth-order valence-corrected chi connectivity index (χ4v) is 3.26. The van der Waals surface area contributed by atoms with E-state index in [0.717, 1.165) is 5.56 Å². The summed E-state index contributed by atoms with van der Waals surface area (Å²) in [5, 5.41) is 0.665. The van der Waals surface area contributed by atoms with Gasteiger partial charge in [-0.2, -0.15) is 0 Å². The Morgan fingerprint density at radius 1 is 1.48 bits per heavy atom. The summed E-state index contributed by atoms with van der Waals surface area (Å²) in [4.78, 5) is 29.4. The molecule has 1 aliphatic heterocycles. The molecular weight excluding hydrogens is 384 g/mol. The van der Waals surface area contributed by atoms with Crippen LogP contribution in [0, 0.1) is 0 Å². The number of carbonyl (C=O) groups is 2. The van der Waals surface area contributed by atoms with Gasteiger partial charge in [-0.25, -0.2) is 4.79 Å². The largest absolute Gasteiger partial charge is 0.481 e. The Labute approximate surface area is 146 Å². The number of nitrogens with zero attached hydrogens (tertiary/aromatic N) is 2. The maximum absolute atomic E-state index is 12.1. The number of amidine groups is 1. The highest BCUT2D eigenvalue weighted by Crippen LogP contribution is 2.33. The van der Waals surface area contributed by atoms with Crippen molar-refractivity contribution >= 4 is 50.8 Å². The molecule has 6 nitrogen and oxygen atoms in total. The predicted octanol–water partition coefficient (Wildman–Crippen LogP) is 2.53. The molecule has 0 saturated carbocycles. The molecule has 1 aromatic carbocycles. The summed E-state index contributed by atoms with van der Waals surface area (Å²) in [7, 11) is 4.65. The van der Waals surface area contributed by atoms with Crippen molar-refractivity contribution in [3.8, 4) is 5.75 Å². The third kappa shape index (κ3) is 4.14. The second-order valence-electron chi connectivity index (χ2n) is 4.54. The summed E-state index contributed by atoms with van der Waals surface area (Å²) >= 11 is 4.72. The number of hydrogen-bond acceptors (Lipinski definition) is 6. The molecular formula is C15H15BrN2O4S. The normalized spacial score (nSPS) is 17.9. The lowest BCUT2D eigenvalue weighted by atomic mass is 10.2. The maximum Gasteiger partial charge on any atom is 0.343 e. The van der Waals surface area contributed by atoms with Crippen LogP contribution in [0.15, 0.2) is 32.6 Å². The van der Waals surface area contributed by atoms with Crippen LogP contribution in [0.25, 0.3) is 6.08 Å². The molecule has 0 spiro atoms. The second-order valence-corrected chi connectivity index (χ2v) is 6.40. The lowest BCUT2D eigenvalue weighted by Gasteiger charge is -2.07. The van der Waals surface area contributed by atoms with E-state index < -0.39 is 5.97 Å². The first-order chi connectivity index (χ1) is 11.0. The number of benzene rings is 1. The highest BCUT2D eigenvalue weighted by Gasteiger charge is 2.29. The fourth-order valence-electron chi connectivity index (χ4n) is 1.82. The highest BCUT2D eigenvalue weighted by atomic mass is 79.9. The average Bonchev–Trinajstić information content (AvgIpc) is 2.81. The molecule has 1 aromatic rings. The molecule has 8 heteroatoms. The zero-order valence-corrected chi connectivity index (χ0v) is 15.2. The van der Waals surface area contributed by atoms with Gasteiger partial charge in [-0.15, -0.1) is 0 Å². The van der Waals surface area contributed by atoms with Crippen molar-refractivity contribution in [1.82, 2.24) is 4.90 Å². The van der Waals surface area contributed by atoms with E-state index in [1.807, 2.05) is 6.07 Å². The van der Waals surface area contributed by atoms with Gasteiger partial charge in [0.25, 0.3) is 5.91 Å². The van der Waals surface area contributed by atoms with Gasteiger partial charge in [-0.3, -0.25) is 14.7 Å². The van der Waals surface area contributed by atoms with Crippen LogP contribution in [0.5, 0.6) is 5.75 Å². The van der Waals surface area contributed by atoms with E-state index in [-0.39, 0.29) is 12.5 Å². The van der Waals surface area contributed by atoms with Crippen LogP contribution >= 0.6 is 27.7 Å². The molecule has 0 unspecified atom stereocenters. The van der Waals surface area contributed by atoms with E-state index in [0.29, 0.717) is 20.3 Å². The number of thioether (sulfide) groups is 1. The van der Waals surface area contributed by atoms with E-state index in [1.54, 1.807) is 32.3 Å². The molecule has 1 saturated heterocycles. The zero-order chi connectivity index (χ0) is 17.0. The Morgan fingerprint density at radius 2 is 2.22 bits per heavy atom. The molecule has 1 aliphatic rings. The molecule has 0 bridgehead atoms. The maximum atomic E-state index is 12.1. The van der Waals surface area contributed by atoms with Crippen molar-refractivity contribution in [1.29, 1.82) is 0 Å². The summed E-state index contributed by atoms with van der Waals surface area (Å²) in [6, 6.07) is 5.34. The minimum Gasteiger partial charge on any atom is -0.481 e. The second kappa shape index (κ2) is 7.65. The molecule has 0 atom stereocenters. The van der Waals surface area contributed by atoms with Gasteiger partial charge in [0.15, 0.2) is 11.8 Å². The Bertz CT molecular complexity index is 703. The van der Waals surface area contributed by atoms with Crippen LogP contribution in [0.1, 0.15) is 5.56 Å². The Morgan fingerprint density at radius 3 is 2.78 bits per heavy atom. The molecule has 1 fully saturated rings. The zero-order valence-electron chi connectivity index (χ0n) is 12.8. The molecule has 0 N–H and O–H groups in total. The van der Waals surface area contributed by atoms with Gasteiger partial charge in [0, 0.05) is 14.1 Å². The summed E-state index contributed by atoms with van der Waals surface area (Å²) in [5.74, 6) is -0.0147. The van der Waals surface area contributed by atoms with Gasteiger partial charge >= 0.3 is 5.97 Å². The summed E-state index contributed by atoms with van der Waals surface area (Å²) in [6.45, 7) is -0.162. The standard InChI is InChI=1S/C15H15BrN2O4S/c1-17-15-18(2)14(20)12(23-15)7-9-4-5-11(10(16)6-9)22-8-13(19)21-3/h4-7H,8H2,1-3H3/b12-7+,17-15?. The van der Waals surface area contributed by atoms with Crippen molar-refractivity contribution in [3.63, 3.8) is 0 Å². The van der Waals surface area contributed by atoms with Crippen molar-refractivity contribution in [3.05, 3.63) is 33.1 Å². The average molecular weight is 399 g/mol. The lowest BCUT2D eigenvalue weighted by molar-refractivity contribution is -0.142. The molecule has 0 aliphatic carbocycles. The quantitative estimate of drug-likeness (QED) is 0.575. The molecule has 1 amide bonds. The SMILES string of the molecule is CN=C1S/C(=C/c2ccc(OCC(=O)OC)c(Br)c2)C(=O)N1C. The number of aliphatic imine (C=N–C) groups is 1. The van der Waals surface area contributed by atoms with Crippen molar-refractivity contribution < 1.29 is 19.1 Å². The third-order valence-electron chi connectivity index (χ3n) is 3.02. The van der Waals surface area contributed by atoms with Crippen LogP contribution in [-0.4, -0.2) is 49.8 Å². The van der Waals surface area contributed by atoms with Gasteiger partial charge < -0.3 is 9.47 Å². The van der Waals surface area contributed by atoms with Gasteiger partial charge in [0.1, 0.15) is 5.75 Å². The lowest BCUT2D eigenvalue weighted by Crippen LogP contribution is -2.23. The first-order valence-electron chi connectivity index (χ1n) is 6.59. The van der Waals surface area contributed by atoms with E-state index in [2.05, 4.69) is 25.7 Å². The number of ether oxygens (including phenoxy) is 2. The molecule has 122 valence electrons. The summed E-state index contributed by atoms with van der Waals surface area (Å²) in [6.07, 6.45) is 1.79. The molecule has 2 rings (SSSR count).